The van der Waals surface area contributed by atoms with Crippen LogP contribution in [0.5, 0.6) is 11.5 Å². The summed E-state index contributed by atoms with van der Waals surface area (Å²) in [6.07, 6.45) is -0.110. The lowest BCUT2D eigenvalue weighted by Gasteiger charge is -2.17. The minimum atomic E-state index is -0.777. The van der Waals surface area contributed by atoms with Crippen LogP contribution < -0.4 is 19.7 Å². The summed E-state index contributed by atoms with van der Waals surface area (Å²) in [7, 11) is 2.95. The van der Waals surface area contributed by atoms with Crippen LogP contribution in [0.3, 0.4) is 0 Å². The van der Waals surface area contributed by atoms with Gasteiger partial charge in [0.2, 0.25) is 5.91 Å². The number of rotatable bonds is 7. The van der Waals surface area contributed by atoms with Gasteiger partial charge in [-0.3, -0.25) is 14.4 Å². The highest BCUT2D eigenvalue weighted by molar-refractivity contribution is 6.00. The molecule has 1 atom stereocenters. The number of anilines is 2. The molecule has 2 aromatic carbocycles. The lowest BCUT2D eigenvalue weighted by molar-refractivity contribution is -0.151. The summed E-state index contributed by atoms with van der Waals surface area (Å²) >= 11 is 0. The van der Waals surface area contributed by atoms with Crippen molar-refractivity contribution in [1.29, 1.82) is 0 Å². The molecule has 1 saturated heterocycles. The molecule has 0 spiro atoms. The Labute approximate surface area is 172 Å². The van der Waals surface area contributed by atoms with Gasteiger partial charge in [0.05, 0.1) is 31.5 Å². The van der Waals surface area contributed by atoms with Crippen molar-refractivity contribution in [2.45, 2.75) is 6.42 Å². The highest BCUT2D eigenvalue weighted by Gasteiger charge is 2.37. The molecule has 1 N–H and O–H groups in total. The molecular formula is C21H21FN2O6. The number of amides is 2. The Morgan fingerprint density at radius 1 is 1.17 bits per heavy atom. The third-order valence-electron chi connectivity index (χ3n) is 4.63. The summed E-state index contributed by atoms with van der Waals surface area (Å²) in [5.74, 6) is -2.03. The maximum Gasteiger partial charge on any atom is 0.311 e. The summed E-state index contributed by atoms with van der Waals surface area (Å²) in [4.78, 5) is 37.9. The largest absolute Gasteiger partial charge is 0.497 e. The molecule has 8 nitrogen and oxygen atoms in total. The van der Waals surface area contributed by atoms with E-state index in [4.69, 9.17) is 14.2 Å². The quantitative estimate of drug-likeness (QED) is 0.697. The first-order valence-electron chi connectivity index (χ1n) is 9.16. The SMILES string of the molecule is COc1ccc(NC(=O)COC(=O)[C@@H]2CC(=O)N(c3ccccc3F)C2)c(OC)c1. The Kier molecular flexibility index (Phi) is 6.51. The molecule has 1 heterocycles. The Morgan fingerprint density at radius 2 is 1.93 bits per heavy atom. The fourth-order valence-electron chi connectivity index (χ4n) is 3.11. The topological polar surface area (TPSA) is 94.2 Å². The van der Waals surface area contributed by atoms with Gasteiger partial charge < -0.3 is 24.4 Å². The molecule has 9 heteroatoms. The van der Waals surface area contributed by atoms with E-state index in [0.717, 1.165) is 0 Å². The van der Waals surface area contributed by atoms with E-state index in [1.54, 1.807) is 24.3 Å². The molecule has 1 aliphatic rings. The van der Waals surface area contributed by atoms with E-state index in [0.29, 0.717) is 17.2 Å². The van der Waals surface area contributed by atoms with Crippen molar-refractivity contribution in [2.75, 3.05) is 37.6 Å². The zero-order chi connectivity index (χ0) is 21.7. The molecule has 0 saturated carbocycles. The number of ether oxygens (including phenoxy) is 3. The highest BCUT2D eigenvalue weighted by atomic mass is 19.1. The van der Waals surface area contributed by atoms with Gasteiger partial charge in [-0.15, -0.1) is 0 Å². The van der Waals surface area contributed by atoms with Crippen molar-refractivity contribution in [3.8, 4) is 11.5 Å². The standard InChI is InChI=1S/C21H21FN2O6/c1-28-14-7-8-16(18(10-14)29-2)23-19(25)12-30-21(27)13-9-20(26)24(11-13)17-6-4-3-5-15(17)22/h3-8,10,13H,9,11-12H2,1-2H3,(H,23,25)/t13-/m1/s1. The fraction of sp³-hybridized carbons (Fsp3) is 0.286. The monoisotopic (exact) mass is 416 g/mol. The smallest absolute Gasteiger partial charge is 0.311 e. The molecule has 1 fully saturated rings. The maximum atomic E-state index is 13.9. The number of para-hydroxylation sites is 1. The second kappa shape index (κ2) is 9.25. The van der Waals surface area contributed by atoms with Crippen molar-refractivity contribution < 1.29 is 33.0 Å². The molecule has 3 rings (SSSR count). The predicted molar refractivity (Wildman–Crippen MR) is 106 cm³/mol. The normalized spacial score (nSPS) is 15.6. The van der Waals surface area contributed by atoms with E-state index in [1.807, 2.05) is 0 Å². The molecule has 2 amide bonds. The zero-order valence-electron chi connectivity index (χ0n) is 16.5. The van der Waals surface area contributed by atoms with E-state index in [2.05, 4.69) is 5.32 Å². The van der Waals surface area contributed by atoms with Crippen LogP contribution in [0.15, 0.2) is 42.5 Å². The van der Waals surface area contributed by atoms with Crippen LogP contribution in [0.4, 0.5) is 15.8 Å². The maximum absolute atomic E-state index is 13.9. The molecule has 158 valence electrons. The molecule has 0 aliphatic carbocycles. The van der Waals surface area contributed by atoms with Gasteiger partial charge in [0, 0.05) is 19.0 Å². The van der Waals surface area contributed by atoms with Gasteiger partial charge >= 0.3 is 5.97 Å². The van der Waals surface area contributed by atoms with Crippen LogP contribution >= 0.6 is 0 Å². The van der Waals surface area contributed by atoms with Gasteiger partial charge in [-0.2, -0.15) is 0 Å². The predicted octanol–water partition coefficient (Wildman–Crippen LogP) is 2.38. The number of carbonyl (C=O) groups is 3. The number of hydrogen-bond acceptors (Lipinski definition) is 6. The first kappa shape index (κ1) is 21.1. The number of halogens is 1. The third-order valence-corrected chi connectivity index (χ3v) is 4.63. The average Bonchev–Trinajstić information content (AvgIpc) is 3.14. The molecule has 0 unspecified atom stereocenters. The summed E-state index contributed by atoms with van der Waals surface area (Å²) in [6, 6.07) is 10.7. The molecule has 30 heavy (non-hydrogen) atoms. The van der Waals surface area contributed by atoms with Crippen molar-refractivity contribution in [3.05, 3.63) is 48.3 Å². The Morgan fingerprint density at radius 3 is 2.63 bits per heavy atom. The van der Waals surface area contributed by atoms with Gasteiger partial charge in [-0.05, 0) is 24.3 Å². The first-order valence-corrected chi connectivity index (χ1v) is 9.16. The summed E-state index contributed by atoms with van der Waals surface area (Å²) in [6.45, 7) is -0.537. The van der Waals surface area contributed by atoms with E-state index < -0.39 is 30.2 Å². The van der Waals surface area contributed by atoms with Crippen LogP contribution in [0, 0.1) is 11.7 Å². The number of methoxy groups -OCH3 is 2. The number of benzene rings is 2. The second-order valence-electron chi connectivity index (χ2n) is 6.58. The minimum Gasteiger partial charge on any atom is -0.497 e. The van der Waals surface area contributed by atoms with Crippen LogP contribution in [0.25, 0.3) is 0 Å². The summed E-state index contributed by atoms with van der Waals surface area (Å²) in [5, 5.41) is 2.59. The van der Waals surface area contributed by atoms with Crippen LogP contribution in [-0.2, 0) is 19.1 Å². The summed E-state index contributed by atoms with van der Waals surface area (Å²) in [5.41, 5.74) is 0.503. The van der Waals surface area contributed by atoms with Crippen LogP contribution in [0.2, 0.25) is 0 Å². The van der Waals surface area contributed by atoms with Gasteiger partial charge in [-0.1, -0.05) is 12.1 Å². The van der Waals surface area contributed by atoms with Crippen LogP contribution in [0.1, 0.15) is 6.42 Å². The third kappa shape index (κ3) is 4.68. The number of nitrogens with zero attached hydrogens (tertiary/aromatic N) is 1. The van der Waals surface area contributed by atoms with Crippen molar-refractivity contribution in [2.24, 2.45) is 5.92 Å². The van der Waals surface area contributed by atoms with Gasteiger partial charge in [-0.25, -0.2) is 4.39 Å². The van der Waals surface area contributed by atoms with Gasteiger partial charge in [0.15, 0.2) is 6.61 Å². The van der Waals surface area contributed by atoms with E-state index in [1.165, 1.54) is 37.3 Å². The molecule has 0 bridgehead atoms. The van der Waals surface area contributed by atoms with Crippen molar-refractivity contribution in [3.63, 3.8) is 0 Å². The average molecular weight is 416 g/mol. The Balaban J connectivity index is 1.55. The molecule has 2 aromatic rings. The number of esters is 1. The molecule has 1 aliphatic heterocycles. The van der Waals surface area contributed by atoms with E-state index in [-0.39, 0.29) is 24.6 Å². The number of nitrogens with one attached hydrogen (secondary N) is 1. The first-order chi connectivity index (χ1) is 14.4. The molecule has 0 radical (unpaired) electrons. The molecule has 0 aromatic heterocycles. The van der Waals surface area contributed by atoms with Crippen molar-refractivity contribution in [1.82, 2.24) is 0 Å². The van der Waals surface area contributed by atoms with E-state index in [9.17, 15) is 18.8 Å². The minimum absolute atomic E-state index is 0.00742. The zero-order valence-corrected chi connectivity index (χ0v) is 16.5. The lowest BCUT2D eigenvalue weighted by Crippen LogP contribution is -2.28. The highest BCUT2D eigenvalue weighted by Crippen LogP contribution is 2.29. The molecular weight excluding hydrogens is 395 g/mol. The van der Waals surface area contributed by atoms with Gasteiger partial charge in [0.25, 0.3) is 5.91 Å². The summed E-state index contributed by atoms with van der Waals surface area (Å²) < 4.78 is 29.3. The number of hydrogen-bond donors (Lipinski definition) is 1. The number of carbonyl (C=O) groups excluding carboxylic acids is 3. The van der Waals surface area contributed by atoms with Gasteiger partial charge in [0.1, 0.15) is 17.3 Å². The van der Waals surface area contributed by atoms with Crippen molar-refractivity contribution >= 4 is 29.2 Å². The lowest BCUT2D eigenvalue weighted by atomic mass is 10.1. The Hall–Kier alpha value is -3.62. The van der Waals surface area contributed by atoms with Crippen LogP contribution in [-0.4, -0.2) is 45.2 Å². The Bertz CT molecular complexity index is 964. The van der Waals surface area contributed by atoms with E-state index >= 15 is 0 Å². The fourth-order valence-corrected chi connectivity index (χ4v) is 3.11. The second-order valence-corrected chi connectivity index (χ2v) is 6.58.